The SMILES string of the molecule is CCN(C)C(=O)c1nn(-c2ccccc2F)c(=O)n(Cc2cccc(OC)c2)c1=O. The minimum absolute atomic E-state index is 0.137. The molecule has 1 aromatic heterocycles. The van der Waals surface area contributed by atoms with Crippen molar-refractivity contribution in [3.05, 3.63) is 86.4 Å². The number of benzene rings is 2. The first-order chi connectivity index (χ1) is 14.4. The van der Waals surface area contributed by atoms with Gasteiger partial charge in [-0.05, 0) is 36.8 Å². The minimum Gasteiger partial charge on any atom is -0.497 e. The number of carbonyl (C=O) groups excluding carboxylic acids is 1. The fraction of sp³-hybridized carbons (Fsp3) is 0.238. The van der Waals surface area contributed by atoms with E-state index < -0.39 is 28.7 Å². The number of carbonyl (C=O) groups is 1. The molecule has 0 aliphatic heterocycles. The number of hydrogen-bond donors (Lipinski definition) is 0. The summed E-state index contributed by atoms with van der Waals surface area (Å²) in [5.41, 5.74) is -1.73. The predicted molar refractivity (Wildman–Crippen MR) is 109 cm³/mol. The lowest BCUT2D eigenvalue weighted by molar-refractivity contribution is 0.0791. The van der Waals surface area contributed by atoms with Crippen LogP contribution in [0.3, 0.4) is 0 Å². The van der Waals surface area contributed by atoms with E-state index in [1.54, 1.807) is 31.2 Å². The lowest BCUT2D eigenvalue weighted by Crippen LogP contribution is -2.46. The molecule has 0 bridgehead atoms. The minimum atomic E-state index is -0.858. The van der Waals surface area contributed by atoms with E-state index in [1.807, 2.05) is 0 Å². The van der Waals surface area contributed by atoms with Gasteiger partial charge < -0.3 is 9.64 Å². The van der Waals surface area contributed by atoms with Crippen LogP contribution in [-0.4, -0.2) is 45.9 Å². The largest absolute Gasteiger partial charge is 0.497 e. The molecule has 0 aliphatic carbocycles. The van der Waals surface area contributed by atoms with Crippen LogP contribution in [-0.2, 0) is 6.54 Å². The zero-order valence-corrected chi connectivity index (χ0v) is 16.8. The number of para-hydroxylation sites is 1. The van der Waals surface area contributed by atoms with Gasteiger partial charge in [0, 0.05) is 13.6 Å². The number of halogens is 1. The third kappa shape index (κ3) is 4.00. The van der Waals surface area contributed by atoms with Crippen LogP contribution < -0.4 is 16.0 Å². The molecule has 1 heterocycles. The molecule has 0 spiro atoms. The summed E-state index contributed by atoms with van der Waals surface area (Å²) in [6, 6.07) is 12.3. The first kappa shape index (κ1) is 21.0. The van der Waals surface area contributed by atoms with E-state index in [0.29, 0.717) is 17.9 Å². The fourth-order valence-corrected chi connectivity index (χ4v) is 2.85. The zero-order chi connectivity index (χ0) is 21.8. The maximum absolute atomic E-state index is 14.4. The summed E-state index contributed by atoms with van der Waals surface area (Å²) >= 11 is 0. The van der Waals surface area contributed by atoms with E-state index in [1.165, 1.54) is 43.3 Å². The molecule has 3 aromatic rings. The van der Waals surface area contributed by atoms with Gasteiger partial charge in [-0.25, -0.2) is 9.18 Å². The van der Waals surface area contributed by atoms with E-state index >= 15 is 0 Å². The summed E-state index contributed by atoms with van der Waals surface area (Å²) in [6.07, 6.45) is 0. The number of rotatable bonds is 6. The Labute approximate surface area is 171 Å². The number of methoxy groups -OCH3 is 1. The van der Waals surface area contributed by atoms with Gasteiger partial charge in [0.15, 0.2) is 0 Å². The van der Waals surface area contributed by atoms with Gasteiger partial charge in [-0.2, -0.15) is 9.78 Å². The number of ether oxygens (including phenoxy) is 1. The molecular formula is C21H21FN4O4. The second-order valence-electron chi connectivity index (χ2n) is 6.56. The molecule has 0 fully saturated rings. The Bertz CT molecular complexity index is 1200. The van der Waals surface area contributed by atoms with Gasteiger partial charge in [-0.1, -0.05) is 24.3 Å². The van der Waals surface area contributed by atoms with E-state index in [9.17, 15) is 18.8 Å². The van der Waals surface area contributed by atoms with Crippen LogP contribution in [0.5, 0.6) is 5.75 Å². The van der Waals surface area contributed by atoms with Crippen molar-refractivity contribution in [3.63, 3.8) is 0 Å². The van der Waals surface area contributed by atoms with Gasteiger partial charge in [0.25, 0.3) is 11.5 Å². The van der Waals surface area contributed by atoms with Crippen molar-refractivity contribution in [1.29, 1.82) is 0 Å². The van der Waals surface area contributed by atoms with Crippen molar-refractivity contribution >= 4 is 5.91 Å². The Balaban J connectivity index is 2.25. The van der Waals surface area contributed by atoms with Crippen molar-refractivity contribution in [2.24, 2.45) is 0 Å². The van der Waals surface area contributed by atoms with Crippen LogP contribution in [0, 0.1) is 5.82 Å². The molecular weight excluding hydrogens is 391 g/mol. The highest BCUT2D eigenvalue weighted by Crippen LogP contribution is 2.13. The molecule has 9 heteroatoms. The second kappa shape index (κ2) is 8.73. The lowest BCUT2D eigenvalue weighted by Gasteiger charge is -2.16. The van der Waals surface area contributed by atoms with Gasteiger partial charge in [0.1, 0.15) is 17.3 Å². The van der Waals surface area contributed by atoms with Crippen LogP contribution in [0.1, 0.15) is 23.0 Å². The first-order valence-corrected chi connectivity index (χ1v) is 9.24. The summed E-state index contributed by atoms with van der Waals surface area (Å²) in [7, 11) is 3.01. The van der Waals surface area contributed by atoms with E-state index in [-0.39, 0.29) is 12.2 Å². The van der Waals surface area contributed by atoms with Crippen LogP contribution in [0.25, 0.3) is 5.69 Å². The molecule has 8 nitrogen and oxygen atoms in total. The number of aromatic nitrogens is 3. The topological polar surface area (TPSA) is 86.4 Å². The molecule has 0 atom stereocenters. The van der Waals surface area contributed by atoms with Gasteiger partial charge in [0.2, 0.25) is 5.69 Å². The normalized spacial score (nSPS) is 10.7. The maximum Gasteiger partial charge on any atom is 0.352 e. The van der Waals surface area contributed by atoms with Crippen molar-refractivity contribution in [1.82, 2.24) is 19.2 Å². The van der Waals surface area contributed by atoms with Crippen LogP contribution in [0.4, 0.5) is 4.39 Å². The van der Waals surface area contributed by atoms with Gasteiger partial charge in [-0.3, -0.25) is 14.2 Å². The molecule has 0 saturated heterocycles. The fourth-order valence-electron chi connectivity index (χ4n) is 2.85. The monoisotopic (exact) mass is 412 g/mol. The van der Waals surface area contributed by atoms with Gasteiger partial charge >= 0.3 is 5.69 Å². The summed E-state index contributed by atoms with van der Waals surface area (Å²) < 4.78 is 21.2. The highest BCUT2D eigenvalue weighted by molar-refractivity contribution is 5.91. The second-order valence-corrected chi connectivity index (χ2v) is 6.56. The molecule has 0 saturated carbocycles. The quantitative estimate of drug-likeness (QED) is 0.615. The van der Waals surface area contributed by atoms with Crippen LogP contribution in [0.15, 0.2) is 58.1 Å². The lowest BCUT2D eigenvalue weighted by atomic mass is 10.2. The molecule has 1 amide bonds. The Morgan fingerprint density at radius 1 is 1.17 bits per heavy atom. The summed E-state index contributed by atoms with van der Waals surface area (Å²) in [6.45, 7) is 1.93. The summed E-state index contributed by atoms with van der Waals surface area (Å²) in [4.78, 5) is 40.0. The molecule has 0 aliphatic rings. The Kier molecular flexibility index (Phi) is 6.10. The summed E-state index contributed by atoms with van der Waals surface area (Å²) in [5, 5.41) is 3.92. The smallest absolute Gasteiger partial charge is 0.352 e. The average Bonchev–Trinajstić information content (AvgIpc) is 2.76. The number of nitrogens with zero attached hydrogens (tertiary/aromatic N) is 4. The number of hydrogen-bond acceptors (Lipinski definition) is 5. The Morgan fingerprint density at radius 3 is 2.57 bits per heavy atom. The molecule has 156 valence electrons. The van der Waals surface area contributed by atoms with Gasteiger partial charge in [0.05, 0.1) is 13.7 Å². The highest BCUT2D eigenvalue weighted by atomic mass is 19.1. The Morgan fingerprint density at radius 2 is 1.90 bits per heavy atom. The number of amides is 1. The zero-order valence-electron chi connectivity index (χ0n) is 16.8. The van der Waals surface area contributed by atoms with Crippen molar-refractivity contribution in [2.75, 3.05) is 20.7 Å². The van der Waals surface area contributed by atoms with E-state index in [4.69, 9.17) is 4.74 Å². The average molecular weight is 412 g/mol. The molecule has 0 N–H and O–H groups in total. The maximum atomic E-state index is 14.4. The van der Waals surface area contributed by atoms with Crippen LogP contribution >= 0.6 is 0 Å². The standard InChI is InChI=1S/C21H21FN4O4/c1-4-24(2)19(27)18-20(28)25(13-14-8-7-9-15(12-14)30-3)21(29)26(23-18)17-11-6-5-10-16(17)22/h5-12H,4,13H2,1-3H3. The van der Waals surface area contributed by atoms with Crippen LogP contribution in [0.2, 0.25) is 0 Å². The van der Waals surface area contributed by atoms with Crippen molar-refractivity contribution in [2.45, 2.75) is 13.5 Å². The molecule has 30 heavy (non-hydrogen) atoms. The molecule has 0 unspecified atom stereocenters. The van der Waals surface area contributed by atoms with E-state index in [0.717, 1.165) is 9.25 Å². The third-order valence-corrected chi connectivity index (χ3v) is 4.64. The molecule has 3 rings (SSSR count). The highest BCUT2D eigenvalue weighted by Gasteiger charge is 2.23. The van der Waals surface area contributed by atoms with Crippen molar-refractivity contribution < 1.29 is 13.9 Å². The van der Waals surface area contributed by atoms with Crippen molar-refractivity contribution in [3.8, 4) is 11.4 Å². The van der Waals surface area contributed by atoms with Gasteiger partial charge in [-0.15, -0.1) is 0 Å². The Hall–Kier alpha value is -3.75. The predicted octanol–water partition coefficient (Wildman–Crippen LogP) is 1.68. The first-order valence-electron chi connectivity index (χ1n) is 9.24. The summed E-state index contributed by atoms with van der Waals surface area (Å²) in [5.74, 6) is -0.820. The third-order valence-electron chi connectivity index (χ3n) is 4.64. The van der Waals surface area contributed by atoms with E-state index in [2.05, 4.69) is 5.10 Å². The molecule has 0 radical (unpaired) electrons. The molecule has 2 aromatic carbocycles.